The molecular formula is C19H21FN4O5S. The molecule has 30 heavy (non-hydrogen) atoms. The number of hydrogen-bond acceptors (Lipinski definition) is 6. The van der Waals surface area contributed by atoms with Crippen molar-refractivity contribution in [3.05, 3.63) is 64.0 Å². The summed E-state index contributed by atoms with van der Waals surface area (Å²) in [6.07, 6.45) is 0. The number of hydrogen-bond donors (Lipinski definition) is 1. The van der Waals surface area contributed by atoms with E-state index in [1.807, 2.05) is 0 Å². The lowest BCUT2D eigenvalue weighted by Gasteiger charge is -2.33. The molecule has 0 aliphatic carbocycles. The number of nitrogens with one attached hydrogen (secondary N) is 1. The summed E-state index contributed by atoms with van der Waals surface area (Å²) in [5.74, 6) is -0.755. The van der Waals surface area contributed by atoms with Gasteiger partial charge in [0, 0.05) is 37.9 Å². The Bertz CT molecular complexity index is 1070. The minimum absolute atomic E-state index is 0.0227. The number of nitro benzene ring substituents is 1. The van der Waals surface area contributed by atoms with E-state index in [-0.39, 0.29) is 43.5 Å². The van der Waals surface area contributed by atoms with Gasteiger partial charge < -0.3 is 5.32 Å². The Hall–Kier alpha value is -2.89. The first-order valence-electron chi connectivity index (χ1n) is 9.20. The van der Waals surface area contributed by atoms with Gasteiger partial charge in [-0.2, -0.15) is 4.31 Å². The SMILES string of the molecule is Cc1ccc(NC(=O)CN2CCN(S(=O)(=O)c3ccccc3[N+](=O)[O-])CC2)cc1F. The zero-order valence-corrected chi connectivity index (χ0v) is 17.1. The highest BCUT2D eigenvalue weighted by molar-refractivity contribution is 7.89. The van der Waals surface area contributed by atoms with E-state index in [0.29, 0.717) is 11.3 Å². The van der Waals surface area contributed by atoms with Crippen molar-refractivity contribution in [2.24, 2.45) is 0 Å². The van der Waals surface area contributed by atoms with Crippen LogP contribution in [0, 0.1) is 22.9 Å². The van der Waals surface area contributed by atoms with Gasteiger partial charge in [-0.05, 0) is 30.7 Å². The van der Waals surface area contributed by atoms with Crippen LogP contribution in [0.3, 0.4) is 0 Å². The Morgan fingerprint density at radius 2 is 1.83 bits per heavy atom. The van der Waals surface area contributed by atoms with Gasteiger partial charge in [0.15, 0.2) is 4.90 Å². The molecule has 3 rings (SSSR count). The van der Waals surface area contributed by atoms with Gasteiger partial charge in [-0.1, -0.05) is 18.2 Å². The maximum absolute atomic E-state index is 13.6. The molecule has 1 aliphatic rings. The molecule has 0 spiro atoms. The zero-order valence-electron chi connectivity index (χ0n) is 16.2. The van der Waals surface area contributed by atoms with Crippen LogP contribution in [-0.2, 0) is 14.8 Å². The molecule has 1 amide bonds. The van der Waals surface area contributed by atoms with Crippen molar-refractivity contribution in [2.75, 3.05) is 38.0 Å². The highest BCUT2D eigenvalue weighted by Gasteiger charge is 2.33. The predicted molar refractivity (Wildman–Crippen MR) is 108 cm³/mol. The monoisotopic (exact) mass is 436 g/mol. The summed E-state index contributed by atoms with van der Waals surface area (Å²) in [5, 5.41) is 13.8. The molecule has 0 bridgehead atoms. The molecule has 1 N–H and O–H groups in total. The van der Waals surface area contributed by atoms with Gasteiger partial charge in [-0.25, -0.2) is 12.8 Å². The number of aryl methyl sites for hydroxylation is 1. The molecule has 11 heteroatoms. The molecule has 2 aromatic carbocycles. The van der Waals surface area contributed by atoms with Crippen LogP contribution in [-0.4, -0.2) is 61.2 Å². The summed E-state index contributed by atoms with van der Waals surface area (Å²) in [5.41, 5.74) is 0.356. The van der Waals surface area contributed by atoms with Gasteiger partial charge in [-0.15, -0.1) is 0 Å². The highest BCUT2D eigenvalue weighted by Crippen LogP contribution is 2.26. The standard InChI is InChI=1S/C19H21FN4O5S/c1-14-6-7-15(12-16(14)20)21-19(25)13-22-8-10-23(11-9-22)30(28,29)18-5-3-2-4-17(18)24(26)27/h2-7,12H,8-11,13H2,1H3,(H,21,25). The number of para-hydroxylation sites is 1. The first kappa shape index (κ1) is 21.8. The van der Waals surface area contributed by atoms with Gasteiger partial charge >= 0.3 is 0 Å². The van der Waals surface area contributed by atoms with Crippen molar-refractivity contribution in [2.45, 2.75) is 11.8 Å². The lowest BCUT2D eigenvalue weighted by Crippen LogP contribution is -2.50. The third-order valence-electron chi connectivity index (χ3n) is 4.83. The van der Waals surface area contributed by atoms with Gasteiger partial charge in [-0.3, -0.25) is 19.8 Å². The fourth-order valence-electron chi connectivity index (χ4n) is 3.17. The molecule has 1 aliphatic heterocycles. The third-order valence-corrected chi connectivity index (χ3v) is 6.78. The Balaban J connectivity index is 1.60. The van der Waals surface area contributed by atoms with E-state index >= 15 is 0 Å². The van der Waals surface area contributed by atoms with Gasteiger partial charge in [0.25, 0.3) is 5.69 Å². The molecule has 0 radical (unpaired) electrons. The van der Waals surface area contributed by atoms with Gasteiger partial charge in [0.1, 0.15) is 5.82 Å². The van der Waals surface area contributed by atoms with Crippen LogP contribution < -0.4 is 5.32 Å². The number of rotatable bonds is 6. The smallest absolute Gasteiger partial charge is 0.289 e. The number of benzene rings is 2. The number of carbonyl (C=O) groups is 1. The van der Waals surface area contributed by atoms with E-state index in [1.54, 1.807) is 24.0 Å². The largest absolute Gasteiger partial charge is 0.325 e. The van der Waals surface area contributed by atoms with Gasteiger partial charge in [0.2, 0.25) is 15.9 Å². The van der Waals surface area contributed by atoms with Crippen molar-refractivity contribution in [1.29, 1.82) is 0 Å². The summed E-state index contributed by atoms with van der Waals surface area (Å²) >= 11 is 0. The average molecular weight is 436 g/mol. The summed E-state index contributed by atoms with van der Waals surface area (Å²) in [7, 11) is -4.02. The maximum atomic E-state index is 13.6. The Morgan fingerprint density at radius 1 is 1.17 bits per heavy atom. The van der Waals surface area contributed by atoms with Crippen LogP contribution in [0.15, 0.2) is 47.4 Å². The Kier molecular flexibility index (Phi) is 6.44. The fraction of sp³-hybridized carbons (Fsp3) is 0.316. The molecule has 0 saturated carbocycles. The number of nitro groups is 1. The first-order valence-corrected chi connectivity index (χ1v) is 10.6. The average Bonchev–Trinajstić information content (AvgIpc) is 2.71. The molecule has 2 aromatic rings. The first-order chi connectivity index (χ1) is 14.2. The van der Waals surface area contributed by atoms with E-state index in [4.69, 9.17) is 0 Å². The lowest BCUT2D eigenvalue weighted by molar-refractivity contribution is -0.387. The van der Waals surface area contributed by atoms with Gasteiger partial charge in [0.05, 0.1) is 11.5 Å². The van der Waals surface area contributed by atoms with E-state index in [9.17, 15) is 27.7 Å². The Morgan fingerprint density at radius 3 is 2.47 bits per heavy atom. The predicted octanol–water partition coefficient (Wildman–Crippen LogP) is 1.99. The lowest BCUT2D eigenvalue weighted by atomic mass is 10.2. The van der Waals surface area contributed by atoms with Crippen molar-refractivity contribution >= 4 is 27.3 Å². The summed E-state index contributed by atoms with van der Waals surface area (Å²) in [6, 6.07) is 9.63. The zero-order chi connectivity index (χ0) is 21.9. The summed E-state index contributed by atoms with van der Waals surface area (Å²) < 4.78 is 40.4. The molecule has 0 unspecified atom stereocenters. The highest BCUT2D eigenvalue weighted by atomic mass is 32.2. The summed E-state index contributed by atoms with van der Waals surface area (Å²) in [4.78, 5) is 24.1. The molecule has 160 valence electrons. The number of amides is 1. The van der Waals surface area contributed by atoms with Crippen LogP contribution in [0.25, 0.3) is 0 Å². The normalized spacial score (nSPS) is 15.7. The molecule has 0 aromatic heterocycles. The molecule has 1 fully saturated rings. The maximum Gasteiger partial charge on any atom is 0.289 e. The molecule has 0 atom stereocenters. The van der Waals surface area contributed by atoms with Crippen LogP contribution in [0.2, 0.25) is 0 Å². The number of piperazine rings is 1. The van der Waals surface area contributed by atoms with E-state index < -0.39 is 26.5 Å². The second-order valence-corrected chi connectivity index (χ2v) is 8.82. The van der Waals surface area contributed by atoms with E-state index in [0.717, 1.165) is 6.07 Å². The van der Waals surface area contributed by atoms with Crippen molar-refractivity contribution in [3.8, 4) is 0 Å². The number of halogens is 1. The number of carbonyl (C=O) groups excluding carboxylic acids is 1. The van der Waals surface area contributed by atoms with Crippen molar-refractivity contribution in [3.63, 3.8) is 0 Å². The third kappa shape index (κ3) is 4.81. The quantitative estimate of drug-likeness (QED) is 0.547. The topological polar surface area (TPSA) is 113 Å². The minimum atomic E-state index is -4.02. The summed E-state index contributed by atoms with van der Waals surface area (Å²) in [6.45, 7) is 2.42. The Labute approximate surface area is 173 Å². The molecular weight excluding hydrogens is 415 g/mol. The van der Waals surface area contributed by atoms with Crippen LogP contribution in [0.1, 0.15) is 5.56 Å². The van der Waals surface area contributed by atoms with Crippen LogP contribution in [0.5, 0.6) is 0 Å². The molecule has 9 nitrogen and oxygen atoms in total. The van der Waals surface area contributed by atoms with Crippen molar-refractivity contribution < 1.29 is 22.5 Å². The molecule has 1 saturated heterocycles. The number of anilines is 1. The minimum Gasteiger partial charge on any atom is -0.325 e. The number of nitrogens with zero attached hydrogens (tertiary/aromatic N) is 3. The second-order valence-electron chi connectivity index (χ2n) is 6.92. The fourth-order valence-corrected chi connectivity index (χ4v) is 4.75. The van der Waals surface area contributed by atoms with E-state index in [1.165, 1.54) is 28.6 Å². The van der Waals surface area contributed by atoms with Crippen LogP contribution >= 0.6 is 0 Å². The number of sulfonamides is 1. The van der Waals surface area contributed by atoms with Crippen molar-refractivity contribution in [1.82, 2.24) is 9.21 Å². The van der Waals surface area contributed by atoms with Crippen LogP contribution in [0.4, 0.5) is 15.8 Å². The molecule has 1 heterocycles. The second kappa shape index (κ2) is 8.86. The van der Waals surface area contributed by atoms with E-state index in [2.05, 4.69) is 5.32 Å².